The molecule has 6 heteroatoms. The minimum absolute atomic E-state index is 0.0901. The Bertz CT molecular complexity index is 918. The monoisotopic (exact) mass is 715 g/mol. The van der Waals surface area contributed by atoms with Crippen LogP contribution in [-0.2, 0) is 28.6 Å². The van der Waals surface area contributed by atoms with Gasteiger partial charge in [-0.25, -0.2) is 0 Å². The molecule has 0 rings (SSSR count). The second-order valence-electron chi connectivity index (χ2n) is 13.9. The first-order valence-corrected chi connectivity index (χ1v) is 21.2. The molecule has 0 saturated heterocycles. The molecule has 1 unspecified atom stereocenters. The van der Waals surface area contributed by atoms with E-state index in [-0.39, 0.29) is 31.1 Å². The van der Waals surface area contributed by atoms with E-state index in [1.54, 1.807) is 0 Å². The maximum absolute atomic E-state index is 12.6. The van der Waals surface area contributed by atoms with Crippen molar-refractivity contribution in [3.63, 3.8) is 0 Å². The van der Waals surface area contributed by atoms with Crippen LogP contribution >= 0.6 is 0 Å². The molecule has 0 aromatic heterocycles. The Labute approximate surface area is 314 Å². The van der Waals surface area contributed by atoms with Gasteiger partial charge in [0.25, 0.3) is 0 Å². The lowest BCUT2D eigenvalue weighted by molar-refractivity contribution is -0.167. The molecule has 0 radical (unpaired) electrons. The lowest BCUT2D eigenvalue weighted by Gasteiger charge is -2.18. The number of allylic oxidation sites excluding steroid dienone is 8. The highest BCUT2D eigenvalue weighted by atomic mass is 16.6. The zero-order valence-corrected chi connectivity index (χ0v) is 33.4. The van der Waals surface area contributed by atoms with E-state index in [0.717, 1.165) is 89.9 Å². The van der Waals surface area contributed by atoms with Crippen molar-refractivity contribution in [1.29, 1.82) is 0 Å². The van der Waals surface area contributed by atoms with Crippen LogP contribution in [0.3, 0.4) is 0 Å². The van der Waals surface area contributed by atoms with Crippen LogP contribution < -0.4 is 0 Å². The zero-order valence-electron chi connectivity index (χ0n) is 33.4. The van der Waals surface area contributed by atoms with E-state index in [9.17, 15) is 14.4 Å². The molecule has 1 atom stereocenters. The summed E-state index contributed by atoms with van der Waals surface area (Å²) in [4.78, 5) is 37.5. The van der Waals surface area contributed by atoms with E-state index in [0.29, 0.717) is 19.3 Å². The summed E-state index contributed by atoms with van der Waals surface area (Å²) in [5.74, 6) is -0.945. The summed E-state index contributed by atoms with van der Waals surface area (Å²) in [5, 5.41) is 0. The highest BCUT2D eigenvalue weighted by molar-refractivity contribution is 5.71. The average molecular weight is 715 g/mol. The molecule has 0 amide bonds. The van der Waals surface area contributed by atoms with Crippen molar-refractivity contribution >= 4 is 17.9 Å². The van der Waals surface area contributed by atoms with Crippen LogP contribution in [0.2, 0.25) is 0 Å². The number of unbranched alkanes of at least 4 members (excludes halogenated alkanes) is 19. The van der Waals surface area contributed by atoms with Gasteiger partial charge in [0.05, 0.1) is 0 Å². The minimum atomic E-state index is -0.786. The fraction of sp³-hybridized carbons (Fsp3) is 0.756. The Morgan fingerprint density at radius 3 is 1.14 bits per heavy atom. The van der Waals surface area contributed by atoms with E-state index in [2.05, 4.69) is 69.4 Å². The van der Waals surface area contributed by atoms with Crippen LogP contribution in [0.1, 0.15) is 201 Å². The van der Waals surface area contributed by atoms with Gasteiger partial charge in [0.2, 0.25) is 0 Å². The van der Waals surface area contributed by atoms with E-state index in [1.807, 2.05) is 0 Å². The van der Waals surface area contributed by atoms with Gasteiger partial charge >= 0.3 is 17.9 Å². The van der Waals surface area contributed by atoms with Crippen molar-refractivity contribution in [2.75, 3.05) is 13.2 Å². The fourth-order valence-corrected chi connectivity index (χ4v) is 5.50. The molecule has 0 aromatic carbocycles. The summed E-state index contributed by atoms with van der Waals surface area (Å²) in [6, 6.07) is 0. The molecule has 51 heavy (non-hydrogen) atoms. The molecule has 0 N–H and O–H groups in total. The maximum atomic E-state index is 12.6. The van der Waals surface area contributed by atoms with Crippen molar-refractivity contribution in [2.45, 2.75) is 207 Å². The number of hydrogen-bond acceptors (Lipinski definition) is 6. The third kappa shape index (κ3) is 38.4. The smallest absolute Gasteiger partial charge is 0.306 e. The van der Waals surface area contributed by atoms with E-state index >= 15 is 0 Å². The molecule has 0 fully saturated rings. The predicted molar refractivity (Wildman–Crippen MR) is 215 cm³/mol. The SMILES string of the molecule is CCCC/C=C\C=C/CCCCCC(=O)OCC(COC(=O)CCCCCCC/C=C\CCCC)OC(=O)CCCCCCC/C=C\CCCC. The first-order chi connectivity index (χ1) is 25.0. The summed E-state index contributed by atoms with van der Waals surface area (Å²) in [6.07, 6.45) is 45.2. The van der Waals surface area contributed by atoms with Gasteiger partial charge in [-0.2, -0.15) is 0 Å². The third-order valence-corrected chi connectivity index (χ3v) is 8.80. The topological polar surface area (TPSA) is 78.9 Å². The molecule has 0 aliphatic carbocycles. The van der Waals surface area contributed by atoms with Gasteiger partial charge in [0.1, 0.15) is 13.2 Å². The molecule has 0 aromatic rings. The molecule has 0 heterocycles. The van der Waals surface area contributed by atoms with Gasteiger partial charge in [0.15, 0.2) is 6.10 Å². The molecule has 0 saturated carbocycles. The number of rotatable bonds is 37. The van der Waals surface area contributed by atoms with Crippen LogP contribution in [0.4, 0.5) is 0 Å². The predicted octanol–water partition coefficient (Wildman–Crippen LogP) is 13.2. The lowest BCUT2D eigenvalue weighted by Crippen LogP contribution is -2.30. The van der Waals surface area contributed by atoms with Crippen molar-refractivity contribution in [1.82, 2.24) is 0 Å². The molecule has 0 aliphatic rings. The molecule has 0 aliphatic heterocycles. The molecule has 0 bridgehead atoms. The Hall–Kier alpha value is -2.63. The number of hydrogen-bond donors (Lipinski definition) is 0. The van der Waals surface area contributed by atoms with Gasteiger partial charge in [0, 0.05) is 19.3 Å². The first kappa shape index (κ1) is 48.4. The lowest BCUT2D eigenvalue weighted by atomic mass is 10.1. The zero-order chi connectivity index (χ0) is 37.3. The third-order valence-electron chi connectivity index (χ3n) is 8.80. The van der Waals surface area contributed by atoms with E-state index in [1.165, 1.54) is 70.6 Å². The molecular formula is C45H78O6. The van der Waals surface area contributed by atoms with Crippen LogP contribution in [0.15, 0.2) is 48.6 Å². The van der Waals surface area contributed by atoms with Crippen molar-refractivity contribution in [3.8, 4) is 0 Å². The maximum Gasteiger partial charge on any atom is 0.306 e. The highest BCUT2D eigenvalue weighted by Crippen LogP contribution is 2.12. The van der Waals surface area contributed by atoms with Gasteiger partial charge in [-0.3, -0.25) is 14.4 Å². The second kappa shape index (κ2) is 40.1. The molecule has 6 nitrogen and oxygen atoms in total. The van der Waals surface area contributed by atoms with Crippen LogP contribution in [-0.4, -0.2) is 37.2 Å². The Kier molecular flexibility index (Phi) is 38.1. The fourth-order valence-electron chi connectivity index (χ4n) is 5.50. The summed E-state index contributed by atoms with van der Waals surface area (Å²) < 4.78 is 16.6. The number of ether oxygens (including phenoxy) is 3. The normalized spacial score (nSPS) is 12.5. The second-order valence-corrected chi connectivity index (χ2v) is 13.9. The summed E-state index contributed by atoms with van der Waals surface area (Å²) >= 11 is 0. The average Bonchev–Trinajstić information content (AvgIpc) is 3.12. The summed E-state index contributed by atoms with van der Waals surface area (Å²) in [7, 11) is 0. The van der Waals surface area contributed by atoms with Crippen molar-refractivity contribution < 1.29 is 28.6 Å². The Balaban J connectivity index is 4.45. The van der Waals surface area contributed by atoms with E-state index in [4.69, 9.17) is 14.2 Å². The highest BCUT2D eigenvalue weighted by Gasteiger charge is 2.19. The number of carbonyl (C=O) groups is 3. The Morgan fingerprint density at radius 2 is 0.706 bits per heavy atom. The Morgan fingerprint density at radius 1 is 0.392 bits per heavy atom. The first-order valence-electron chi connectivity index (χ1n) is 21.2. The van der Waals surface area contributed by atoms with Gasteiger partial charge in [-0.05, 0) is 77.0 Å². The van der Waals surface area contributed by atoms with Crippen molar-refractivity contribution in [2.24, 2.45) is 0 Å². The van der Waals surface area contributed by atoms with Crippen LogP contribution in [0, 0.1) is 0 Å². The number of carbonyl (C=O) groups excluding carboxylic acids is 3. The van der Waals surface area contributed by atoms with Gasteiger partial charge < -0.3 is 14.2 Å². The van der Waals surface area contributed by atoms with Gasteiger partial charge in [-0.15, -0.1) is 0 Å². The van der Waals surface area contributed by atoms with Crippen molar-refractivity contribution in [3.05, 3.63) is 48.6 Å². The molecular weight excluding hydrogens is 636 g/mol. The quantitative estimate of drug-likeness (QED) is 0.0209. The molecule has 294 valence electrons. The molecule has 0 spiro atoms. The largest absolute Gasteiger partial charge is 0.462 e. The summed E-state index contributed by atoms with van der Waals surface area (Å²) in [6.45, 7) is 6.44. The van der Waals surface area contributed by atoms with E-state index < -0.39 is 6.10 Å². The number of esters is 3. The van der Waals surface area contributed by atoms with Crippen LogP contribution in [0.25, 0.3) is 0 Å². The van der Waals surface area contributed by atoms with Crippen LogP contribution in [0.5, 0.6) is 0 Å². The van der Waals surface area contributed by atoms with Gasteiger partial charge in [-0.1, -0.05) is 153 Å². The summed E-state index contributed by atoms with van der Waals surface area (Å²) in [5.41, 5.74) is 0. The standard InChI is InChI=1S/C45H78O6/c1-4-7-10-13-16-19-22-25-28-31-34-37-43(46)49-40-42(51-45(48)39-36-33-30-27-24-21-18-15-12-9-6-3)41-50-44(47)38-35-32-29-26-23-20-17-14-11-8-5-2/h13-19,22,42H,4-12,20-21,23-41H2,1-3H3/b16-13-,17-14-,18-15-,22-19-. The minimum Gasteiger partial charge on any atom is -0.462 e.